The van der Waals surface area contributed by atoms with Crippen molar-refractivity contribution in [1.82, 2.24) is 9.80 Å². The van der Waals surface area contributed by atoms with Gasteiger partial charge in [-0.15, -0.1) is 0 Å². The van der Waals surface area contributed by atoms with E-state index in [2.05, 4.69) is 0 Å². The molecule has 27 heavy (non-hydrogen) atoms. The second kappa shape index (κ2) is 7.06. The van der Waals surface area contributed by atoms with Gasteiger partial charge in [0.1, 0.15) is 17.9 Å². The van der Waals surface area contributed by atoms with Gasteiger partial charge in [0.15, 0.2) is 0 Å². The molecule has 0 saturated carbocycles. The first-order valence-corrected chi connectivity index (χ1v) is 9.48. The van der Waals surface area contributed by atoms with Crippen molar-refractivity contribution in [3.8, 4) is 5.75 Å². The SMILES string of the molecule is CCC(C(=O)N1CC(Oc2ccccc2C)C1)N1Cc2ccccc2C1=O. The van der Waals surface area contributed by atoms with Crippen molar-refractivity contribution in [3.63, 3.8) is 0 Å². The predicted molar refractivity (Wildman–Crippen MR) is 103 cm³/mol. The zero-order chi connectivity index (χ0) is 19.0. The summed E-state index contributed by atoms with van der Waals surface area (Å²) in [6.07, 6.45) is 0.622. The number of nitrogens with zero attached hydrogens (tertiary/aromatic N) is 2. The molecular weight excluding hydrogens is 340 g/mol. The first-order valence-electron chi connectivity index (χ1n) is 9.48. The molecule has 0 N–H and O–H groups in total. The van der Waals surface area contributed by atoms with Gasteiger partial charge in [0, 0.05) is 12.1 Å². The quantitative estimate of drug-likeness (QED) is 0.819. The molecule has 2 aliphatic rings. The number of fused-ring (bicyclic) bond motifs is 1. The average Bonchev–Trinajstić information content (AvgIpc) is 2.97. The van der Waals surface area contributed by atoms with Crippen LogP contribution in [0.25, 0.3) is 0 Å². The van der Waals surface area contributed by atoms with Gasteiger partial charge in [0.25, 0.3) is 5.91 Å². The Hall–Kier alpha value is -2.82. The zero-order valence-corrected chi connectivity index (χ0v) is 15.7. The lowest BCUT2D eigenvalue weighted by Gasteiger charge is -2.42. The maximum absolute atomic E-state index is 13.0. The Bertz CT molecular complexity index is 873. The van der Waals surface area contributed by atoms with Crippen LogP contribution >= 0.6 is 0 Å². The van der Waals surface area contributed by atoms with Crippen molar-refractivity contribution in [1.29, 1.82) is 0 Å². The van der Waals surface area contributed by atoms with Crippen LogP contribution in [0.2, 0.25) is 0 Å². The van der Waals surface area contributed by atoms with E-state index in [0.717, 1.165) is 16.9 Å². The normalized spacial score (nSPS) is 17.5. The molecule has 0 aliphatic carbocycles. The average molecular weight is 364 g/mol. The minimum atomic E-state index is -0.413. The van der Waals surface area contributed by atoms with E-state index in [1.165, 1.54) is 0 Å². The van der Waals surface area contributed by atoms with E-state index < -0.39 is 6.04 Å². The number of carbonyl (C=O) groups is 2. The van der Waals surface area contributed by atoms with Crippen molar-refractivity contribution in [2.24, 2.45) is 0 Å². The largest absolute Gasteiger partial charge is 0.486 e. The van der Waals surface area contributed by atoms with E-state index in [1.807, 2.05) is 62.4 Å². The lowest BCUT2D eigenvalue weighted by atomic mass is 10.1. The van der Waals surface area contributed by atoms with Crippen LogP contribution < -0.4 is 4.74 Å². The number of rotatable bonds is 5. The maximum Gasteiger partial charge on any atom is 0.255 e. The number of amides is 2. The Morgan fingerprint density at radius 3 is 2.56 bits per heavy atom. The molecule has 1 unspecified atom stereocenters. The summed E-state index contributed by atoms with van der Waals surface area (Å²) in [7, 11) is 0. The van der Waals surface area contributed by atoms with Crippen molar-refractivity contribution in [2.75, 3.05) is 13.1 Å². The first-order chi connectivity index (χ1) is 13.1. The summed E-state index contributed by atoms with van der Waals surface area (Å²) in [6, 6.07) is 15.1. The summed E-state index contributed by atoms with van der Waals surface area (Å²) in [5.41, 5.74) is 2.81. The van der Waals surface area contributed by atoms with Gasteiger partial charge in [-0.25, -0.2) is 0 Å². The number of benzene rings is 2. The van der Waals surface area contributed by atoms with E-state index in [-0.39, 0.29) is 17.9 Å². The van der Waals surface area contributed by atoms with E-state index >= 15 is 0 Å². The molecule has 2 aromatic carbocycles. The minimum absolute atomic E-state index is 0.0130. The van der Waals surface area contributed by atoms with Crippen molar-refractivity contribution < 1.29 is 14.3 Å². The van der Waals surface area contributed by atoms with Crippen LogP contribution in [0.1, 0.15) is 34.8 Å². The van der Waals surface area contributed by atoms with Crippen LogP contribution in [-0.2, 0) is 11.3 Å². The standard InChI is InChI=1S/C22H24N2O3/c1-3-19(24-12-16-9-5-6-10-18(16)21(24)25)22(26)23-13-17(14-23)27-20-11-7-4-8-15(20)2/h4-11,17,19H,3,12-14H2,1-2H3. The summed E-state index contributed by atoms with van der Waals surface area (Å²) < 4.78 is 6.00. The lowest BCUT2D eigenvalue weighted by molar-refractivity contribution is -0.145. The fourth-order valence-electron chi connectivity index (χ4n) is 3.83. The van der Waals surface area contributed by atoms with E-state index in [4.69, 9.17) is 4.74 Å². The second-order valence-corrected chi connectivity index (χ2v) is 7.26. The van der Waals surface area contributed by atoms with Gasteiger partial charge in [0.05, 0.1) is 13.1 Å². The summed E-state index contributed by atoms with van der Waals surface area (Å²) in [6.45, 7) is 5.62. The third-order valence-corrected chi connectivity index (χ3v) is 5.44. The molecule has 0 spiro atoms. The predicted octanol–water partition coefficient (Wildman–Crippen LogP) is 3.02. The van der Waals surface area contributed by atoms with E-state index in [1.54, 1.807) is 9.80 Å². The van der Waals surface area contributed by atoms with E-state index in [9.17, 15) is 9.59 Å². The van der Waals surface area contributed by atoms with Crippen molar-refractivity contribution in [2.45, 2.75) is 39.0 Å². The Kier molecular flexibility index (Phi) is 4.60. The highest BCUT2D eigenvalue weighted by Crippen LogP contribution is 2.28. The molecule has 5 nitrogen and oxygen atoms in total. The van der Waals surface area contributed by atoms with Crippen molar-refractivity contribution in [3.05, 3.63) is 65.2 Å². The molecule has 2 amide bonds. The number of carbonyl (C=O) groups excluding carboxylic acids is 2. The van der Waals surface area contributed by atoms with Gasteiger partial charge < -0.3 is 14.5 Å². The summed E-state index contributed by atoms with van der Waals surface area (Å²) >= 11 is 0. The first kappa shape index (κ1) is 17.6. The highest BCUT2D eigenvalue weighted by molar-refractivity contribution is 6.01. The Balaban J connectivity index is 1.38. The monoisotopic (exact) mass is 364 g/mol. The van der Waals surface area contributed by atoms with Gasteiger partial charge in [0.2, 0.25) is 5.91 Å². The highest BCUT2D eigenvalue weighted by atomic mass is 16.5. The molecule has 4 rings (SSSR count). The second-order valence-electron chi connectivity index (χ2n) is 7.26. The molecule has 1 fully saturated rings. The van der Waals surface area contributed by atoms with Gasteiger partial charge in [-0.1, -0.05) is 43.3 Å². The Morgan fingerprint density at radius 1 is 1.15 bits per heavy atom. The Morgan fingerprint density at radius 2 is 1.85 bits per heavy atom. The third kappa shape index (κ3) is 3.18. The molecule has 1 atom stereocenters. The topological polar surface area (TPSA) is 49.9 Å². The van der Waals surface area contributed by atoms with Gasteiger partial charge in [-0.3, -0.25) is 9.59 Å². The fraction of sp³-hybridized carbons (Fsp3) is 0.364. The summed E-state index contributed by atoms with van der Waals surface area (Å²) in [4.78, 5) is 29.2. The molecule has 2 aromatic rings. The fourth-order valence-corrected chi connectivity index (χ4v) is 3.83. The van der Waals surface area contributed by atoms with Gasteiger partial charge in [-0.05, 0) is 36.6 Å². The molecule has 2 heterocycles. The smallest absolute Gasteiger partial charge is 0.255 e. The maximum atomic E-state index is 13.0. The third-order valence-electron chi connectivity index (χ3n) is 5.44. The molecule has 0 radical (unpaired) electrons. The molecule has 5 heteroatoms. The minimum Gasteiger partial charge on any atom is -0.486 e. The Labute approximate surface area is 159 Å². The van der Waals surface area contributed by atoms with Crippen LogP contribution in [0, 0.1) is 6.92 Å². The molecular formula is C22H24N2O3. The number of hydrogen-bond donors (Lipinski definition) is 0. The number of likely N-dealkylation sites (tertiary alicyclic amines) is 1. The summed E-state index contributed by atoms with van der Waals surface area (Å²) in [5, 5.41) is 0. The van der Waals surface area contributed by atoms with Crippen LogP contribution in [0.4, 0.5) is 0 Å². The van der Waals surface area contributed by atoms with E-state index in [0.29, 0.717) is 31.6 Å². The number of hydrogen-bond acceptors (Lipinski definition) is 3. The van der Waals surface area contributed by atoms with Crippen LogP contribution in [0.3, 0.4) is 0 Å². The number of ether oxygens (including phenoxy) is 1. The van der Waals surface area contributed by atoms with Crippen LogP contribution in [0.15, 0.2) is 48.5 Å². The van der Waals surface area contributed by atoms with Gasteiger partial charge >= 0.3 is 0 Å². The molecule has 0 bridgehead atoms. The zero-order valence-electron chi connectivity index (χ0n) is 15.7. The molecule has 1 saturated heterocycles. The van der Waals surface area contributed by atoms with Crippen LogP contribution in [-0.4, -0.2) is 46.8 Å². The highest BCUT2D eigenvalue weighted by Gasteiger charge is 2.41. The number of para-hydroxylation sites is 1. The number of aryl methyl sites for hydroxylation is 1. The molecule has 0 aromatic heterocycles. The summed E-state index contributed by atoms with van der Waals surface area (Å²) in [5.74, 6) is 0.842. The van der Waals surface area contributed by atoms with Crippen molar-refractivity contribution >= 4 is 11.8 Å². The lowest BCUT2D eigenvalue weighted by Crippen LogP contribution is -2.60. The van der Waals surface area contributed by atoms with Gasteiger partial charge in [-0.2, -0.15) is 0 Å². The molecule has 2 aliphatic heterocycles. The molecule has 140 valence electrons. The van der Waals surface area contributed by atoms with Crippen LogP contribution in [0.5, 0.6) is 5.75 Å².